The van der Waals surface area contributed by atoms with Gasteiger partial charge in [-0.1, -0.05) is 12.1 Å². The van der Waals surface area contributed by atoms with Crippen LogP contribution in [0.15, 0.2) is 30.9 Å². The molecule has 134 valence electrons. The molecule has 2 atom stereocenters. The van der Waals surface area contributed by atoms with Crippen LogP contribution < -0.4 is 4.74 Å². The number of benzene rings is 1. The van der Waals surface area contributed by atoms with Crippen LogP contribution in [0.3, 0.4) is 0 Å². The minimum atomic E-state index is -0.437. The van der Waals surface area contributed by atoms with Gasteiger partial charge in [-0.2, -0.15) is 0 Å². The fraction of sp³-hybridized carbons (Fsp3) is 0.550. The first kappa shape index (κ1) is 16.6. The molecule has 25 heavy (non-hydrogen) atoms. The third-order valence-electron chi connectivity index (χ3n) is 6.01. The van der Waals surface area contributed by atoms with Crippen molar-refractivity contribution in [3.63, 3.8) is 0 Å². The van der Waals surface area contributed by atoms with Crippen LogP contribution >= 0.6 is 0 Å². The largest absolute Gasteiger partial charge is 0.493 e. The quantitative estimate of drug-likeness (QED) is 0.609. The smallest absolute Gasteiger partial charge is 0.337 e. The van der Waals surface area contributed by atoms with E-state index >= 15 is 0 Å². The zero-order chi connectivity index (χ0) is 17.5. The molecule has 0 amide bonds. The molecule has 5 heteroatoms. The van der Waals surface area contributed by atoms with E-state index in [1.807, 2.05) is 12.1 Å². The van der Waals surface area contributed by atoms with E-state index in [1.165, 1.54) is 7.11 Å². The zero-order valence-corrected chi connectivity index (χ0v) is 14.6. The van der Waals surface area contributed by atoms with Gasteiger partial charge in [-0.3, -0.25) is 0 Å². The van der Waals surface area contributed by atoms with Gasteiger partial charge in [0.2, 0.25) is 0 Å². The lowest BCUT2D eigenvalue weighted by Crippen LogP contribution is -2.47. The zero-order valence-electron chi connectivity index (χ0n) is 14.6. The lowest BCUT2D eigenvalue weighted by molar-refractivity contribution is -0.195. The van der Waals surface area contributed by atoms with E-state index in [4.69, 9.17) is 18.9 Å². The van der Waals surface area contributed by atoms with Crippen molar-refractivity contribution < 1.29 is 23.7 Å². The highest BCUT2D eigenvalue weighted by atomic mass is 16.7. The molecule has 2 aliphatic heterocycles. The fourth-order valence-electron chi connectivity index (χ4n) is 4.70. The number of ether oxygens (including phenoxy) is 4. The van der Waals surface area contributed by atoms with E-state index in [9.17, 15) is 4.79 Å². The maximum Gasteiger partial charge on any atom is 0.337 e. The second kappa shape index (κ2) is 6.15. The van der Waals surface area contributed by atoms with Crippen molar-refractivity contribution in [2.75, 3.05) is 26.9 Å². The summed E-state index contributed by atoms with van der Waals surface area (Å²) in [7, 11) is 1.39. The molecule has 3 aliphatic rings. The number of carbonyl (C=O) groups is 1. The summed E-state index contributed by atoms with van der Waals surface area (Å²) in [5.74, 6) is 0.306. The van der Waals surface area contributed by atoms with Gasteiger partial charge >= 0.3 is 5.97 Å². The van der Waals surface area contributed by atoms with E-state index in [-0.39, 0.29) is 11.4 Å². The number of hydrogen-bond acceptors (Lipinski definition) is 5. The Morgan fingerprint density at radius 1 is 1.28 bits per heavy atom. The van der Waals surface area contributed by atoms with Crippen LogP contribution in [0.25, 0.3) is 0 Å². The van der Waals surface area contributed by atoms with Crippen molar-refractivity contribution >= 4 is 5.97 Å². The summed E-state index contributed by atoms with van der Waals surface area (Å²) < 4.78 is 22.8. The van der Waals surface area contributed by atoms with Gasteiger partial charge < -0.3 is 18.9 Å². The molecule has 5 nitrogen and oxygen atoms in total. The first-order chi connectivity index (χ1) is 12.1. The van der Waals surface area contributed by atoms with Crippen LogP contribution in [0.5, 0.6) is 5.75 Å². The van der Waals surface area contributed by atoms with Crippen molar-refractivity contribution in [1.82, 2.24) is 0 Å². The van der Waals surface area contributed by atoms with Crippen LogP contribution in [-0.4, -0.2) is 38.7 Å². The SMILES string of the molecule is C=C[C@]12CCC3(C[C@H]1CCOc1cc(C(=O)OC)ccc12)OCCO3. The average Bonchev–Trinajstić information content (AvgIpc) is 3.03. The standard InChI is InChI=1S/C20H24O5/c1-3-19-7-8-20(24-10-11-25-20)13-15(19)6-9-23-17-12-14(18(21)22-2)4-5-16(17)19/h3-5,12,15H,1,6-11,13H2,2H3/t15-,19+/m1/s1. The highest BCUT2D eigenvalue weighted by molar-refractivity contribution is 5.90. The third kappa shape index (κ3) is 2.57. The first-order valence-corrected chi connectivity index (χ1v) is 8.90. The van der Waals surface area contributed by atoms with E-state index in [0.717, 1.165) is 37.0 Å². The van der Waals surface area contributed by atoms with Crippen LogP contribution in [0, 0.1) is 5.92 Å². The summed E-state index contributed by atoms with van der Waals surface area (Å²) in [6, 6.07) is 5.60. The molecule has 1 spiro atoms. The van der Waals surface area contributed by atoms with Gasteiger partial charge in [0.05, 0.1) is 32.5 Å². The van der Waals surface area contributed by atoms with Crippen LogP contribution in [0.2, 0.25) is 0 Å². The molecule has 1 saturated heterocycles. The number of fused-ring (bicyclic) bond motifs is 3. The molecule has 1 aliphatic carbocycles. The van der Waals surface area contributed by atoms with Crippen LogP contribution in [-0.2, 0) is 19.6 Å². The molecular weight excluding hydrogens is 320 g/mol. The lowest BCUT2D eigenvalue weighted by Gasteiger charge is -2.47. The summed E-state index contributed by atoms with van der Waals surface area (Å²) in [6.07, 6.45) is 5.55. The number of esters is 1. The van der Waals surface area contributed by atoms with Gasteiger partial charge in [0.15, 0.2) is 5.79 Å². The second-order valence-corrected chi connectivity index (χ2v) is 7.09. The normalized spacial score (nSPS) is 29.9. The van der Waals surface area contributed by atoms with E-state index < -0.39 is 5.79 Å². The van der Waals surface area contributed by atoms with Crippen molar-refractivity contribution in [1.29, 1.82) is 0 Å². The van der Waals surface area contributed by atoms with Crippen LogP contribution in [0.1, 0.15) is 41.6 Å². The summed E-state index contributed by atoms with van der Waals surface area (Å²) in [5, 5.41) is 0. The predicted octanol–water partition coefficient (Wildman–Crippen LogP) is 3.22. The van der Waals surface area contributed by atoms with Gasteiger partial charge in [0, 0.05) is 23.8 Å². The Labute approximate surface area is 147 Å². The Hall–Kier alpha value is -1.85. The summed E-state index contributed by atoms with van der Waals surface area (Å²) in [4.78, 5) is 11.9. The summed E-state index contributed by atoms with van der Waals surface area (Å²) in [5.41, 5.74) is 1.43. The van der Waals surface area contributed by atoms with E-state index in [2.05, 4.69) is 12.7 Å². The molecule has 0 aromatic heterocycles. The average molecular weight is 344 g/mol. The molecule has 1 aromatic carbocycles. The molecule has 1 aromatic rings. The molecule has 0 N–H and O–H groups in total. The van der Waals surface area contributed by atoms with Gasteiger partial charge in [0.1, 0.15) is 5.75 Å². The fourth-order valence-corrected chi connectivity index (χ4v) is 4.70. The topological polar surface area (TPSA) is 54.0 Å². The van der Waals surface area contributed by atoms with E-state index in [0.29, 0.717) is 31.3 Å². The highest BCUT2D eigenvalue weighted by Gasteiger charge is 2.52. The van der Waals surface area contributed by atoms with Crippen molar-refractivity contribution in [2.45, 2.75) is 36.9 Å². The molecular formula is C20H24O5. The van der Waals surface area contributed by atoms with Crippen LogP contribution in [0.4, 0.5) is 0 Å². The molecule has 2 fully saturated rings. The number of rotatable bonds is 2. The number of allylic oxidation sites excluding steroid dienone is 1. The monoisotopic (exact) mass is 344 g/mol. The Morgan fingerprint density at radius 2 is 2.08 bits per heavy atom. The Balaban J connectivity index is 1.74. The predicted molar refractivity (Wildman–Crippen MR) is 91.7 cm³/mol. The maximum absolute atomic E-state index is 11.9. The minimum absolute atomic E-state index is 0.180. The molecule has 4 rings (SSSR count). The highest BCUT2D eigenvalue weighted by Crippen LogP contribution is 2.54. The van der Waals surface area contributed by atoms with Gasteiger partial charge in [0.25, 0.3) is 0 Å². The molecule has 1 saturated carbocycles. The van der Waals surface area contributed by atoms with Crippen molar-refractivity contribution in [3.8, 4) is 5.75 Å². The van der Waals surface area contributed by atoms with Gasteiger partial charge in [-0.15, -0.1) is 6.58 Å². The first-order valence-electron chi connectivity index (χ1n) is 8.90. The van der Waals surface area contributed by atoms with Crippen molar-refractivity contribution in [3.05, 3.63) is 42.0 Å². The Kier molecular flexibility index (Phi) is 4.08. The van der Waals surface area contributed by atoms with E-state index in [1.54, 1.807) is 6.07 Å². The second-order valence-electron chi connectivity index (χ2n) is 7.09. The number of methoxy groups -OCH3 is 1. The van der Waals surface area contributed by atoms with Gasteiger partial charge in [-0.05, 0) is 30.9 Å². The lowest BCUT2D eigenvalue weighted by atomic mass is 9.60. The maximum atomic E-state index is 11.9. The molecule has 0 bridgehead atoms. The Bertz CT molecular complexity index is 691. The van der Waals surface area contributed by atoms with Gasteiger partial charge in [-0.25, -0.2) is 4.79 Å². The minimum Gasteiger partial charge on any atom is -0.493 e. The number of hydrogen-bond donors (Lipinski definition) is 0. The summed E-state index contributed by atoms with van der Waals surface area (Å²) in [6.45, 7) is 6.11. The van der Waals surface area contributed by atoms with Crippen molar-refractivity contribution in [2.24, 2.45) is 5.92 Å². The molecule has 2 heterocycles. The molecule has 0 radical (unpaired) electrons. The Morgan fingerprint density at radius 3 is 2.80 bits per heavy atom. The molecule has 0 unspecified atom stereocenters. The number of carbonyl (C=O) groups excluding carboxylic acids is 1. The summed E-state index contributed by atoms with van der Waals surface area (Å²) >= 11 is 0. The third-order valence-corrected chi connectivity index (χ3v) is 6.01.